The van der Waals surface area contributed by atoms with Crippen molar-refractivity contribution >= 4 is 28.1 Å². The lowest BCUT2D eigenvalue weighted by atomic mass is 10.5. The zero-order chi connectivity index (χ0) is 10.1. The van der Waals surface area contributed by atoms with E-state index in [2.05, 4.69) is 15.3 Å². The van der Waals surface area contributed by atoms with Crippen molar-refractivity contribution in [1.82, 2.24) is 20.0 Å². The molecule has 0 amide bonds. The Balaban J connectivity index is 2.22. The first-order chi connectivity index (χ1) is 6.66. The third-order valence-corrected chi connectivity index (χ3v) is 2.92. The minimum Gasteiger partial charge on any atom is -0.374 e. The minimum absolute atomic E-state index is 0.468. The number of aromatic nitrogens is 4. The highest BCUT2D eigenvalue weighted by Gasteiger charge is 2.07. The lowest BCUT2D eigenvalue weighted by Crippen LogP contribution is -2.03. The molecule has 2 N–H and O–H groups in total. The molecule has 0 radical (unpaired) electrons. The van der Waals surface area contributed by atoms with Crippen LogP contribution in [0.15, 0.2) is 6.20 Å². The molecule has 2 aromatic heterocycles. The summed E-state index contributed by atoms with van der Waals surface area (Å²) in [6.45, 7) is 2.47. The molecular weight excluding hydrogens is 222 g/mol. The Hall–Kier alpha value is -1.14. The molecular formula is C7H8ClN5S. The molecule has 7 heteroatoms. The van der Waals surface area contributed by atoms with Crippen LogP contribution < -0.4 is 5.73 Å². The highest BCUT2D eigenvalue weighted by molar-refractivity contribution is 7.15. The van der Waals surface area contributed by atoms with E-state index in [0.717, 1.165) is 10.7 Å². The minimum atomic E-state index is 0.468. The summed E-state index contributed by atoms with van der Waals surface area (Å²) in [6.07, 6.45) is 1.61. The molecule has 0 unspecified atom stereocenters. The number of hydrogen-bond donors (Lipinski definition) is 1. The summed E-state index contributed by atoms with van der Waals surface area (Å²) in [5.74, 6) is 0. The average molecular weight is 230 g/mol. The van der Waals surface area contributed by atoms with Crippen LogP contribution in [0.2, 0.25) is 5.02 Å². The van der Waals surface area contributed by atoms with Crippen LogP contribution >= 0.6 is 22.9 Å². The molecule has 0 aliphatic heterocycles. The van der Waals surface area contributed by atoms with Gasteiger partial charge in [0.2, 0.25) is 5.13 Å². The Morgan fingerprint density at radius 2 is 2.36 bits per heavy atom. The first kappa shape index (κ1) is 9.42. The van der Waals surface area contributed by atoms with E-state index in [9.17, 15) is 0 Å². The van der Waals surface area contributed by atoms with E-state index < -0.39 is 0 Å². The SMILES string of the molecule is Cc1c(Cl)cnn1Cc1nnc(N)s1. The molecule has 74 valence electrons. The predicted octanol–water partition coefficient (Wildman–Crippen LogP) is 1.33. The highest BCUT2D eigenvalue weighted by atomic mass is 35.5. The Labute approximate surface area is 89.5 Å². The van der Waals surface area contributed by atoms with Crippen molar-refractivity contribution < 1.29 is 0 Å². The predicted molar refractivity (Wildman–Crippen MR) is 55.4 cm³/mol. The third kappa shape index (κ3) is 1.71. The molecule has 2 aromatic rings. The van der Waals surface area contributed by atoms with Gasteiger partial charge in [-0.3, -0.25) is 4.68 Å². The van der Waals surface area contributed by atoms with E-state index >= 15 is 0 Å². The number of halogens is 1. The number of nitrogens with two attached hydrogens (primary N) is 1. The van der Waals surface area contributed by atoms with Crippen LogP contribution in [0.1, 0.15) is 10.7 Å². The maximum atomic E-state index is 5.86. The van der Waals surface area contributed by atoms with Crippen molar-refractivity contribution in [2.75, 3.05) is 5.73 Å². The van der Waals surface area contributed by atoms with Crippen molar-refractivity contribution in [3.8, 4) is 0 Å². The summed E-state index contributed by atoms with van der Waals surface area (Å²) in [4.78, 5) is 0. The zero-order valence-corrected chi connectivity index (χ0v) is 9.01. The Morgan fingerprint density at radius 1 is 1.57 bits per heavy atom. The molecule has 2 rings (SSSR count). The fraction of sp³-hybridized carbons (Fsp3) is 0.286. The van der Waals surface area contributed by atoms with Crippen LogP contribution in [0.25, 0.3) is 0 Å². The summed E-state index contributed by atoms with van der Waals surface area (Å²) in [7, 11) is 0. The van der Waals surface area contributed by atoms with E-state index in [1.165, 1.54) is 11.3 Å². The Kier molecular flexibility index (Phi) is 2.39. The van der Waals surface area contributed by atoms with Crippen molar-refractivity contribution in [3.05, 3.63) is 21.9 Å². The topological polar surface area (TPSA) is 69.6 Å². The van der Waals surface area contributed by atoms with Gasteiger partial charge in [-0.25, -0.2) is 0 Å². The van der Waals surface area contributed by atoms with Crippen LogP contribution in [0.3, 0.4) is 0 Å². The van der Waals surface area contributed by atoms with Gasteiger partial charge < -0.3 is 5.73 Å². The molecule has 0 saturated heterocycles. The number of nitrogens with zero attached hydrogens (tertiary/aromatic N) is 4. The smallest absolute Gasteiger partial charge is 0.203 e. The molecule has 0 aromatic carbocycles. The van der Waals surface area contributed by atoms with Crippen molar-refractivity contribution in [2.45, 2.75) is 13.5 Å². The van der Waals surface area contributed by atoms with E-state index in [1.54, 1.807) is 10.9 Å². The lowest BCUT2D eigenvalue weighted by molar-refractivity contribution is 0.657. The molecule has 2 heterocycles. The standard InChI is InChI=1S/C7H8ClN5S/c1-4-5(8)2-10-13(4)3-6-11-12-7(9)14-6/h2H,3H2,1H3,(H2,9,12). The fourth-order valence-electron chi connectivity index (χ4n) is 1.04. The van der Waals surface area contributed by atoms with Gasteiger partial charge in [0.25, 0.3) is 0 Å². The second-order valence-corrected chi connectivity index (χ2v) is 4.27. The zero-order valence-electron chi connectivity index (χ0n) is 7.44. The first-order valence-electron chi connectivity index (χ1n) is 3.92. The Bertz CT molecular complexity index is 449. The average Bonchev–Trinajstić information content (AvgIpc) is 2.67. The molecule has 14 heavy (non-hydrogen) atoms. The van der Waals surface area contributed by atoms with Gasteiger partial charge in [-0.2, -0.15) is 5.10 Å². The van der Waals surface area contributed by atoms with Crippen LogP contribution in [-0.4, -0.2) is 20.0 Å². The van der Waals surface area contributed by atoms with Crippen molar-refractivity contribution in [2.24, 2.45) is 0 Å². The van der Waals surface area contributed by atoms with E-state index in [0.29, 0.717) is 16.7 Å². The van der Waals surface area contributed by atoms with Gasteiger partial charge in [0.05, 0.1) is 23.5 Å². The van der Waals surface area contributed by atoms with Crippen LogP contribution in [0, 0.1) is 6.92 Å². The van der Waals surface area contributed by atoms with Crippen LogP contribution in [0.4, 0.5) is 5.13 Å². The molecule has 0 spiro atoms. The molecule has 0 atom stereocenters. The number of nitrogen functional groups attached to an aromatic ring is 1. The summed E-state index contributed by atoms with van der Waals surface area (Å²) in [5, 5.41) is 13.7. The largest absolute Gasteiger partial charge is 0.374 e. The summed E-state index contributed by atoms with van der Waals surface area (Å²) >= 11 is 7.21. The monoisotopic (exact) mass is 229 g/mol. The van der Waals surface area contributed by atoms with Crippen molar-refractivity contribution in [3.63, 3.8) is 0 Å². The van der Waals surface area contributed by atoms with Crippen LogP contribution in [-0.2, 0) is 6.54 Å². The first-order valence-corrected chi connectivity index (χ1v) is 5.12. The van der Waals surface area contributed by atoms with Gasteiger partial charge in [-0.05, 0) is 6.92 Å². The molecule has 0 aliphatic carbocycles. The van der Waals surface area contributed by atoms with E-state index in [4.69, 9.17) is 17.3 Å². The van der Waals surface area contributed by atoms with E-state index in [1.807, 2.05) is 6.92 Å². The van der Waals surface area contributed by atoms with Gasteiger partial charge in [0, 0.05) is 0 Å². The maximum absolute atomic E-state index is 5.86. The summed E-state index contributed by atoms with van der Waals surface area (Å²) in [5.41, 5.74) is 6.38. The number of hydrogen-bond acceptors (Lipinski definition) is 5. The van der Waals surface area contributed by atoms with Crippen molar-refractivity contribution in [1.29, 1.82) is 0 Å². The highest BCUT2D eigenvalue weighted by Crippen LogP contribution is 2.17. The van der Waals surface area contributed by atoms with Gasteiger partial charge in [0.15, 0.2) is 0 Å². The lowest BCUT2D eigenvalue weighted by Gasteiger charge is -1.99. The second-order valence-electron chi connectivity index (χ2n) is 2.77. The second kappa shape index (κ2) is 3.55. The normalized spacial score (nSPS) is 10.7. The Morgan fingerprint density at radius 3 is 2.86 bits per heavy atom. The molecule has 0 fully saturated rings. The number of rotatable bonds is 2. The molecule has 5 nitrogen and oxygen atoms in total. The molecule has 0 bridgehead atoms. The third-order valence-electron chi connectivity index (χ3n) is 1.81. The van der Waals surface area contributed by atoms with Gasteiger partial charge in [-0.1, -0.05) is 22.9 Å². The fourth-order valence-corrected chi connectivity index (χ4v) is 1.77. The van der Waals surface area contributed by atoms with Gasteiger partial charge >= 0.3 is 0 Å². The molecule has 0 aliphatic rings. The van der Waals surface area contributed by atoms with Gasteiger partial charge in [0.1, 0.15) is 5.01 Å². The van der Waals surface area contributed by atoms with Gasteiger partial charge in [-0.15, -0.1) is 10.2 Å². The molecule has 0 saturated carbocycles. The quantitative estimate of drug-likeness (QED) is 0.844. The summed E-state index contributed by atoms with van der Waals surface area (Å²) < 4.78 is 1.77. The van der Waals surface area contributed by atoms with Crippen LogP contribution in [0.5, 0.6) is 0 Å². The summed E-state index contributed by atoms with van der Waals surface area (Å²) in [6, 6.07) is 0. The van der Waals surface area contributed by atoms with E-state index in [-0.39, 0.29) is 0 Å². The maximum Gasteiger partial charge on any atom is 0.203 e. The number of anilines is 1.